The van der Waals surface area contributed by atoms with Crippen LogP contribution >= 0.6 is 0 Å². The van der Waals surface area contributed by atoms with Crippen LogP contribution in [-0.2, 0) is 9.47 Å². The normalized spacial score (nSPS) is 30.9. The first kappa shape index (κ1) is 12.3. The van der Waals surface area contributed by atoms with E-state index in [0.29, 0.717) is 6.04 Å². The van der Waals surface area contributed by atoms with Crippen LogP contribution in [0.1, 0.15) is 19.3 Å². The number of likely N-dealkylation sites (N-methyl/N-ethyl adjacent to an activating group) is 1. The molecule has 2 N–H and O–H groups in total. The van der Waals surface area contributed by atoms with E-state index in [1.54, 1.807) is 0 Å². The molecule has 2 fully saturated rings. The molecule has 4 heteroatoms. The summed E-state index contributed by atoms with van der Waals surface area (Å²) in [6, 6.07) is 0.612. The van der Waals surface area contributed by atoms with Gasteiger partial charge < -0.3 is 15.2 Å². The molecular formula is C12H24N2O2. The van der Waals surface area contributed by atoms with Crippen molar-refractivity contribution in [1.29, 1.82) is 0 Å². The van der Waals surface area contributed by atoms with Gasteiger partial charge in [-0.2, -0.15) is 0 Å². The summed E-state index contributed by atoms with van der Waals surface area (Å²) in [5.74, 6) is 0.852. The molecule has 1 saturated heterocycles. The molecule has 2 rings (SSSR count). The number of nitrogens with two attached hydrogens (primary N) is 1. The van der Waals surface area contributed by atoms with Crippen LogP contribution < -0.4 is 5.73 Å². The second-order valence-electron chi connectivity index (χ2n) is 5.09. The molecule has 0 amide bonds. The van der Waals surface area contributed by atoms with Crippen molar-refractivity contribution in [2.45, 2.75) is 31.3 Å². The van der Waals surface area contributed by atoms with Crippen LogP contribution in [-0.4, -0.2) is 57.0 Å². The summed E-state index contributed by atoms with van der Waals surface area (Å²) in [4.78, 5) is 2.27. The molecule has 1 heterocycles. The largest absolute Gasteiger partial charge is 0.380 e. The summed E-state index contributed by atoms with van der Waals surface area (Å²) in [5.41, 5.74) is 6.08. The van der Waals surface area contributed by atoms with E-state index in [2.05, 4.69) is 11.9 Å². The highest BCUT2D eigenvalue weighted by molar-refractivity contribution is 4.83. The minimum atomic E-state index is 0.252. The quantitative estimate of drug-likeness (QED) is 0.671. The fraction of sp³-hybridized carbons (Fsp3) is 1.00. The van der Waals surface area contributed by atoms with Gasteiger partial charge in [0, 0.05) is 31.8 Å². The molecule has 0 spiro atoms. The summed E-state index contributed by atoms with van der Waals surface area (Å²) >= 11 is 0. The number of ether oxygens (including phenoxy) is 2. The number of nitrogens with zero attached hydrogens (tertiary/aromatic N) is 1. The average molecular weight is 228 g/mol. The molecule has 0 aromatic heterocycles. The summed E-state index contributed by atoms with van der Waals surface area (Å²) in [6.45, 7) is 4.29. The molecule has 0 radical (unpaired) electrons. The highest BCUT2D eigenvalue weighted by Gasteiger charge is 2.26. The maximum Gasteiger partial charge on any atom is 0.0636 e. The Kier molecular flexibility index (Phi) is 4.58. The van der Waals surface area contributed by atoms with Gasteiger partial charge in [-0.15, -0.1) is 0 Å². The SMILES string of the molecule is CN(CCOCC1CC1)C1COCCC1N. The molecule has 0 aromatic carbocycles. The van der Waals surface area contributed by atoms with Crippen molar-refractivity contribution in [3.05, 3.63) is 0 Å². The van der Waals surface area contributed by atoms with Gasteiger partial charge in [0.25, 0.3) is 0 Å². The second kappa shape index (κ2) is 5.96. The van der Waals surface area contributed by atoms with Crippen LogP contribution in [0.25, 0.3) is 0 Å². The van der Waals surface area contributed by atoms with E-state index in [4.69, 9.17) is 15.2 Å². The van der Waals surface area contributed by atoms with Crippen molar-refractivity contribution >= 4 is 0 Å². The number of rotatable bonds is 6. The topological polar surface area (TPSA) is 47.7 Å². The lowest BCUT2D eigenvalue weighted by Crippen LogP contribution is -2.52. The highest BCUT2D eigenvalue weighted by atomic mass is 16.5. The van der Waals surface area contributed by atoms with E-state index in [-0.39, 0.29) is 6.04 Å². The Morgan fingerprint density at radius 1 is 1.38 bits per heavy atom. The zero-order chi connectivity index (χ0) is 11.4. The van der Waals surface area contributed by atoms with Crippen LogP contribution in [0.4, 0.5) is 0 Å². The van der Waals surface area contributed by atoms with Gasteiger partial charge in [0.2, 0.25) is 0 Å². The molecule has 94 valence electrons. The van der Waals surface area contributed by atoms with E-state index < -0.39 is 0 Å². The highest BCUT2D eigenvalue weighted by Crippen LogP contribution is 2.28. The molecule has 1 saturated carbocycles. The van der Waals surface area contributed by atoms with Crippen molar-refractivity contribution in [3.8, 4) is 0 Å². The smallest absolute Gasteiger partial charge is 0.0636 e. The van der Waals surface area contributed by atoms with Gasteiger partial charge in [-0.25, -0.2) is 0 Å². The fourth-order valence-corrected chi connectivity index (χ4v) is 2.10. The lowest BCUT2D eigenvalue weighted by molar-refractivity contribution is 0.00394. The maximum absolute atomic E-state index is 6.08. The predicted octanol–water partition coefficient (Wildman–Crippen LogP) is 0.461. The Bertz CT molecular complexity index is 209. The van der Waals surface area contributed by atoms with Gasteiger partial charge in [-0.05, 0) is 32.2 Å². The Morgan fingerprint density at radius 3 is 2.88 bits per heavy atom. The Balaban J connectivity index is 1.59. The zero-order valence-corrected chi connectivity index (χ0v) is 10.2. The van der Waals surface area contributed by atoms with E-state index in [0.717, 1.165) is 45.3 Å². The first-order valence-corrected chi connectivity index (χ1v) is 6.38. The van der Waals surface area contributed by atoms with Gasteiger partial charge >= 0.3 is 0 Å². The first-order chi connectivity index (χ1) is 7.77. The van der Waals surface area contributed by atoms with Crippen LogP contribution in [0.15, 0.2) is 0 Å². The third-order valence-corrected chi connectivity index (χ3v) is 3.58. The standard InChI is InChI=1S/C12H24N2O2/c1-14(5-7-16-8-10-2-3-10)12-9-15-6-4-11(12)13/h10-12H,2-9,13H2,1H3. The summed E-state index contributed by atoms with van der Waals surface area (Å²) in [7, 11) is 2.11. The molecule has 0 aromatic rings. The Morgan fingerprint density at radius 2 is 2.19 bits per heavy atom. The van der Waals surface area contributed by atoms with Crippen molar-refractivity contribution in [1.82, 2.24) is 4.90 Å². The van der Waals surface area contributed by atoms with Gasteiger partial charge in [-0.3, -0.25) is 4.90 Å². The molecule has 2 atom stereocenters. The van der Waals surface area contributed by atoms with Gasteiger partial charge in [-0.1, -0.05) is 0 Å². The third-order valence-electron chi connectivity index (χ3n) is 3.58. The second-order valence-corrected chi connectivity index (χ2v) is 5.09. The van der Waals surface area contributed by atoms with E-state index in [1.165, 1.54) is 12.8 Å². The van der Waals surface area contributed by atoms with Crippen LogP contribution in [0.5, 0.6) is 0 Å². The van der Waals surface area contributed by atoms with Crippen molar-refractivity contribution in [2.24, 2.45) is 11.7 Å². The van der Waals surface area contributed by atoms with E-state index >= 15 is 0 Å². The van der Waals surface area contributed by atoms with E-state index in [9.17, 15) is 0 Å². The number of hydrogen-bond acceptors (Lipinski definition) is 4. The summed E-state index contributed by atoms with van der Waals surface area (Å²) < 4.78 is 11.1. The van der Waals surface area contributed by atoms with Crippen LogP contribution in [0, 0.1) is 5.92 Å². The van der Waals surface area contributed by atoms with E-state index in [1.807, 2.05) is 0 Å². The Labute approximate surface area is 98.1 Å². The molecule has 1 aliphatic heterocycles. The minimum absolute atomic E-state index is 0.252. The lowest BCUT2D eigenvalue weighted by Gasteiger charge is -2.35. The zero-order valence-electron chi connectivity index (χ0n) is 10.2. The molecule has 16 heavy (non-hydrogen) atoms. The predicted molar refractivity (Wildman–Crippen MR) is 63.4 cm³/mol. The first-order valence-electron chi connectivity index (χ1n) is 6.38. The molecule has 0 bridgehead atoms. The van der Waals surface area contributed by atoms with Gasteiger partial charge in [0.1, 0.15) is 0 Å². The Hall–Kier alpha value is -0.160. The van der Waals surface area contributed by atoms with Crippen LogP contribution in [0.2, 0.25) is 0 Å². The molecule has 4 nitrogen and oxygen atoms in total. The monoisotopic (exact) mass is 228 g/mol. The van der Waals surface area contributed by atoms with Crippen molar-refractivity contribution < 1.29 is 9.47 Å². The number of hydrogen-bond donors (Lipinski definition) is 1. The summed E-state index contributed by atoms with van der Waals surface area (Å²) in [5, 5.41) is 0. The molecule has 2 unspecified atom stereocenters. The molecular weight excluding hydrogens is 204 g/mol. The average Bonchev–Trinajstić information content (AvgIpc) is 3.08. The van der Waals surface area contributed by atoms with Gasteiger partial charge in [0.05, 0.1) is 13.2 Å². The molecule has 2 aliphatic rings. The van der Waals surface area contributed by atoms with Gasteiger partial charge in [0.15, 0.2) is 0 Å². The van der Waals surface area contributed by atoms with Crippen LogP contribution in [0.3, 0.4) is 0 Å². The molecule has 1 aliphatic carbocycles. The third kappa shape index (κ3) is 3.70. The summed E-state index contributed by atoms with van der Waals surface area (Å²) in [6.07, 6.45) is 3.69. The van der Waals surface area contributed by atoms with Crippen molar-refractivity contribution in [2.75, 3.05) is 40.0 Å². The lowest BCUT2D eigenvalue weighted by atomic mass is 10.0. The maximum atomic E-state index is 6.08. The minimum Gasteiger partial charge on any atom is -0.380 e. The van der Waals surface area contributed by atoms with Crippen molar-refractivity contribution in [3.63, 3.8) is 0 Å². The fourth-order valence-electron chi connectivity index (χ4n) is 2.10.